The van der Waals surface area contributed by atoms with Gasteiger partial charge in [0.25, 0.3) is 0 Å². The Morgan fingerprint density at radius 1 is 1.06 bits per heavy atom. The van der Waals surface area contributed by atoms with Crippen molar-refractivity contribution in [1.82, 2.24) is 0 Å². The average Bonchev–Trinajstić information content (AvgIpc) is 2.25. The predicted molar refractivity (Wildman–Crippen MR) is 50.0 cm³/mol. The van der Waals surface area contributed by atoms with E-state index < -0.39 is 42.2 Å². The first-order valence-electron chi connectivity index (χ1n) is 5.03. The average molecular weight is 278 g/mol. The molecule has 0 N–H and O–H groups in total. The third-order valence-electron chi connectivity index (χ3n) is 2.51. The van der Waals surface area contributed by atoms with E-state index in [0.717, 1.165) is 0 Å². The van der Waals surface area contributed by atoms with E-state index in [9.17, 15) is 35.9 Å². The number of alkyl halides is 6. The second-order valence-corrected chi connectivity index (χ2v) is 4.04. The van der Waals surface area contributed by atoms with Gasteiger partial charge in [-0.3, -0.25) is 9.59 Å². The number of carbonyl (C=O) groups is 2. The molecule has 1 unspecified atom stereocenters. The summed E-state index contributed by atoms with van der Waals surface area (Å²) in [4.78, 5) is 22.1. The van der Waals surface area contributed by atoms with Crippen LogP contribution in [0.1, 0.15) is 26.7 Å². The first kappa shape index (κ1) is 16.9. The fraction of sp³-hybridized carbons (Fsp3) is 0.800. The first-order valence-corrected chi connectivity index (χ1v) is 5.03. The van der Waals surface area contributed by atoms with E-state index in [1.807, 2.05) is 0 Å². The molecule has 0 aliphatic rings. The molecule has 1 atom stereocenters. The molecule has 0 aromatic rings. The summed E-state index contributed by atoms with van der Waals surface area (Å²) in [5.74, 6) is -9.51. The minimum atomic E-state index is -5.49. The van der Waals surface area contributed by atoms with E-state index in [-0.39, 0.29) is 13.3 Å². The molecule has 0 saturated heterocycles. The molecular weight excluding hydrogens is 266 g/mol. The highest BCUT2D eigenvalue weighted by Crippen LogP contribution is 2.43. The van der Waals surface area contributed by atoms with Crippen molar-refractivity contribution < 1.29 is 35.9 Å². The summed E-state index contributed by atoms with van der Waals surface area (Å²) in [7, 11) is 0. The number of carbonyl (C=O) groups excluding carboxylic acids is 2. The standard InChI is InChI=1S/C10H12F6O2/c1-3-4-6(17)9(12,13)7(18)8(2,5-11)10(14,15)16/h3-5H2,1-2H3. The monoisotopic (exact) mass is 278 g/mol. The minimum absolute atomic E-state index is 0.0163. The van der Waals surface area contributed by atoms with Crippen LogP contribution in [0.3, 0.4) is 0 Å². The van der Waals surface area contributed by atoms with Crippen molar-refractivity contribution >= 4 is 11.6 Å². The summed E-state index contributed by atoms with van der Waals surface area (Å²) >= 11 is 0. The van der Waals surface area contributed by atoms with Crippen molar-refractivity contribution in [2.75, 3.05) is 6.67 Å². The van der Waals surface area contributed by atoms with Crippen LogP contribution < -0.4 is 0 Å². The molecule has 18 heavy (non-hydrogen) atoms. The largest absolute Gasteiger partial charge is 0.403 e. The summed E-state index contributed by atoms with van der Waals surface area (Å²) in [5.41, 5.74) is -3.88. The van der Waals surface area contributed by atoms with Gasteiger partial charge in [-0.1, -0.05) is 6.92 Å². The SMILES string of the molecule is CCCC(=O)C(F)(F)C(=O)C(C)(CF)C(F)(F)F. The lowest BCUT2D eigenvalue weighted by atomic mass is 9.81. The second-order valence-electron chi connectivity index (χ2n) is 4.04. The molecule has 0 amide bonds. The zero-order valence-corrected chi connectivity index (χ0v) is 9.71. The number of halogens is 6. The molecule has 0 fully saturated rings. The van der Waals surface area contributed by atoms with E-state index >= 15 is 0 Å². The highest BCUT2D eigenvalue weighted by molar-refractivity contribution is 6.10. The summed E-state index contributed by atoms with van der Waals surface area (Å²) in [6, 6.07) is 0. The summed E-state index contributed by atoms with van der Waals surface area (Å²) in [6.45, 7) is -0.983. The number of Topliss-reactive ketones (excluding diaryl/α,β-unsaturated/α-hetero) is 2. The molecule has 0 aromatic carbocycles. The normalized spacial score (nSPS) is 16.2. The fourth-order valence-corrected chi connectivity index (χ4v) is 1.12. The van der Waals surface area contributed by atoms with Gasteiger partial charge in [0.1, 0.15) is 6.67 Å². The van der Waals surface area contributed by atoms with E-state index in [4.69, 9.17) is 0 Å². The molecule has 0 radical (unpaired) electrons. The van der Waals surface area contributed by atoms with Gasteiger partial charge in [-0.2, -0.15) is 22.0 Å². The van der Waals surface area contributed by atoms with Gasteiger partial charge < -0.3 is 0 Å². The van der Waals surface area contributed by atoms with Crippen molar-refractivity contribution in [3.05, 3.63) is 0 Å². The van der Waals surface area contributed by atoms with Crippen LogP contribution in [-0.4, -0.2) is 30.3 Å². The van der Waals surface area contributed by atoms with Gasteiger partial charge in [0.2, 0.25) is 11.6 Å². The molecule has 0 heterocycles. The van der Waals surface area contributed by atoms with Gasteiger partial charge in [-0.15, -0.1) is 0 Å². The number of ketones is 2. The minimum Gasteiger partial charge on any atom is -0.292 e. The maximum Gasteiger partial charge on any atom is 0.403 e. The van der Waals surface area contributed by atoms with Crippen LogP contribution >= 0.6 is 0 Å². The van der Waals surface area contributed by atoms with Crippen LogP contribution in [0.25, 0.3) is 0 Å². The third kappa shape index (κ3) is 2.84. The maximum absolute atomic E-state index is 13.2. The Hall–Kier alpha value is -1.08. The first-order chi connectivity index (χ1) is 7.95. The van der Waals surface area contributed by atoms with Crippen LogP contribution in [-0.2, 0) is 9.59 Å². The Morgan fingerprint density at radius 3 is 1.78 bits per heavy atom. The van der Waals surface area contributed by atoms with Crippen molar-refractivity contribution in [3.63, 3.8) is 0 Å². The Bertz CT molecular complexity index is 336. The highest BCUT2D eigenvalue weighted by atomic mass is 19.4. The number of rotatable bonds is 6. The third-order valence-corrected chi connectivity index (χ3v) is 2.51. The van der Waals surface area contributed by atoms with Crippen molar-refractivity contribution in [1.29, 1.82) is 0 Å². The Morgan fingerprint density at radius 2 is 1.50 bits per heavy atom. The lowest BCUT2D eigenvalue weighted by Crippen LogP contribution is -2.54. The number of hydrogen-bond donors (Lipinski definition) is 0. The maximum atomic E-state index is 13.2. The zero-order chi connectivity index (χ0) is 14.8. The van der Waals surface area contributed by atoms with Crippen LogP contribution in [0.15, 0.2) is 0 Å². The molecule has 106 valence electrons. The molecule has 0 spiro atoms. The summed E-state index contributed by atoms with van der Waals surface area (Å²) in [5, 5.41) is 0. The molecule has 0 rings (SSSR count). The molecule has 0 saturated carbocycles. The molecule has 2 nitrogen and oxygen atoms in total. The molecular formula is C10H12F6O2. The Kier molecular flexibility index (Phi) is 4.96. The predicted octanol–water partition coefficient (Wildman–Crippen LogP) is 3.10. The molecule has 0 aliphatic carbocycles. The van der Waals surface area contributed by atoms with Crippen LogP contribution in [0.5, 0.6) is 0 Å². The molecule has 8 heteroatoms. The number of hydrogen-bond acceptors (Lipinski definition) is 2. The topological polar surface area (TPSA) is 34.1 Å². The van der Waals surface area contributed by atoms with Crippen molar-refractivity contribution in [3.8, 4) is 0 Å². The zero-order valence-electron chi connectivity index (χ0n) is 9.71. The molecule has 0 aromatic heterocycles. The van der Waals surface area contributed by atoms with Gasteiger partial charge in [0.05, 0.1) is 0 Å². The Labute approximate surface area is 99.3 Å². The smallest absolute Gasteiger partial charge is 0.292 e. The lowest BCUT2D eigenvalue weighted by molar-refractivity contribution is -0.229. The van der Waals surface area contributed by atoms with Gasteiger partial charge >= 0.3 is 12.1 Å². The lowest BCUT2D eigenvalue weighted by Gasteiger charge is -2.30. The van der Waals surface area contributed by atoms with Crippen LogP contribution in [0.4, 0.5) is 26.3 Å². The van der Waals surface area contributed by atoms with Crippen molar-refractivity contribution in [2.24, 2.45) is 5.41 Å². The fourth-order valence-electron chi connectivity index (χ4n) is 1.12. The van der Waals surface area contributed by atoms with Gasteiger partial charge in [-0.25, -0.2) is 4.39 Å². The van der Waals surface area contributed by atoms with E-state index in [2.05, 4.69) is 0 Å². The van der Waals surface area contributed by atoms with E-state index in [0.29, 0.717) is 0 Å². The van der Waals surface area contributed by atoms with E-state index in [1.54, 1.807) is 0 Å². The van der Waals surface area contributed by atoms with Crippen molar-refractivity contribution in [2.45, 2.75) is 38.8 Å². The quantitative estimate of drug-likeness (QED) is 0.552. The molecule has 0 aliphatic heterocycles. The second kappa shape index (κ2) is 5.27. The molecule has 0 bridgehead atoms. The summed E-state index contributed by atoms with van der Waals surface area (Å²) in [6.07, 6.45) is -6.30. The van der Waals surface area contributed by atoms with Crippen LogP contribution in [0.2, 0.25) is 0 Å². The highest BCUT2D eigenvalue weighted by Gasteiger charge is 2.65. The summed E-state index contributed by atoms with van der Waals surface area (Å²) < 4.78 is 76.2. The Balaban J connectivity index is 5.43. The van der Waals surface area contributed by atoms with Gasteiger partial charge in [0, 0.05) is 6.42 Å². The van der Waals surface area contributed by atoms with Gasteiger partial charge in [0.15, 0.2) is 5.41 Å². The van der Waals surface area contributed by atoms with E-state index in [1.165, 1.54) is 6.92 Å². The van der Waals surface area contributed by atoms with Crippen LogP contribution in [0, 0.1) is 5.41 Å². The van der Waals surface area contributed by atoms with Gasteiger partial charge in [-0.05, 0) is 13.3 Å².